The molecule has 0 spiro atoms. The first-order chi connectivity index (χ1) is 14.1. The van der Waals surface area contributed by atoms with Gasteiger partial charge in [-0.1, -0.05) is 20.3 Å². The summed E-state index contributed by atoms with van der Waals surface area (Å²) < 4.78 is 1.11. The van der Waals surface area contributed by atoms with Crippen molar-refractivity contribution in [2.75, 3.05) is 19.6 Å². The smallest absolute Gasteiger partial charge is 0.253 e. The first-order valence-corrected chi connectivity index (χ1v) is 12.4. The van der Waals surface area contributed by atoms with E-state index in [1.165, 1.54) is 45.1 Å². The highest BCUT2D eigenvalue weighted by atomic mass is 32.1. The number of hydrogen-bond acceptors (Lipinski definition) is 4. The Kier molecular flexibility index (Phi) is 5.37. The standard InChI is InChI=1S/C24H33N3OS/c1-16(2)6-9-22-19-11-18(21-5-3-4-10-27(21)22)13-26(14-19)24(28)17-7-8-20-23(12-17)29-15-25-20/h7-8,12,15-16,18-19,21-22H,3-6,9-11,13-14H2,1-2H3/t18-,19+,21+,22+/m1/s1. The number of piperidine rings is 3. The molecule has 1 aromatic heterocycles. The van der Waals surface area contributed by atoms with E-state index in [1.54, 1.807) is 11.3 Å². The maximum atomic E-state index is 13.4. The second-order valence-corrected chi connectivity index (χ2v) is 10.7. The lowest BCUT2D eigenvalue weighted by atomic mass is 9.71. The molecule has 0 radical (unpaired) electrons. The molecule has 5 heteroatoms. The van der Waals surface area contributed by atoms with E-state index < -0.39 is 0 Å². The molecule has 2 aromatic rings. The van der Waals surface area contributed by atoms with Crippen molar-refractivity contribution in [2.45, 2.75) is 64.5 Å². The Bertz CT molecular complexity index is 878. The maximum absolute atomic E-state index is 13.4. The monoisotopic (exact) mass is 411 g/mol. The molecule has 0 unspecified atom stereocenters. The summed E-state index contributed by atoms with van der Waals surface area (Å²) in [5.41, 5.74) is 3.69. The van der Waals surface area contributed by atoms with Crippen LogP contribution in [-0.2, 0) is 0 Å². The minimum atomic E-state index is 0.224. The predicted molar refractivity (Wildman–Crippen MR) is 119 cm³/mol. The zero-order valence-corrected chi connectivity index (χ0v) is 18.5. The van der Waals surface area contributed by atoms with Crippen molar-refractivity contribution >= 4 is 27.5 Å². The summed E-state index contributed by atoms with van der Waals surface area (Å²) in [6.07, 6.45) is 7.94. The lowest BCUT2D eigenvalue weighted by molar-refractivity contribution is -0.0681. The number of hydrogen-bond donors (Lipinski definition) is 0. The number of carbonyl (C=O) groups is 1. The molecule has 0 N–H and O–H groups in total. The second-order valence-electron chi connectivity index (χ2n) is 9.84. The molecule has 156 valence electrons. The number of benzene rings is 1. The van der Waals surface area contributed by atoms with Gasteiger partial charge in [-0.2, -0.15) is 0 Å². The van der Waals surface area contributed by atoms with Gasteiger partial charge in [0.05, 0.1) is 15.7 Å². The second kappa shape index (κ2) is 7.99. The Morgan fingerprint density at radius 2 is 2.10 bits per heavy atom. The van der Waals surface area contributed by atoms with Crippen LogP contribution in [0, 0.1) is 17.8 Å². The summed E-state index contributed by atoms with van der Waals surface area (Å²) in [6, 6.07) is 7.37. The largest absolute Gasteiger partial charge is 0.338 e. The van der Waals surface area contributed by atoms with Crippen molar-refractivity contribution < 1.29 is 4.79 Å². The number of nitrogens with zero attached hydrogens (tertiary/aromatic N) is 3. The van der Waals surface area contributed by atoms with Gasteiger partial charge in [-0.3, -0.25) is 9.69 Å². The molecule has 4 heterocycles. The molecule has 1 aromatic carbocycles. The molecule has 3 saturated heterocycles. The number of rotatable bonds is 4. The van der Waals surface area contributed by atoms with E-state index in [0.717, 1.165) is 34.8 Å². The van der Waals surface area contributed by atoms with Crippen LogP contribution >= 0.6 is 11.3 Å². The average Bonchev–Trinajstić information content (AvgIpc) is 3.20. The summed E-state index contributed by atoms with van der Waals surface area (Å²) in [5.74, 6) is 2.27. The van der Waals surface area contributed by atoms with Crippen LogP contribution in [-0.4, -0.2) is 52.4 Å². The van der Waals surface area contributed by atoms with Crippen LogP contribution in [0.2, 0.25) is 0 Å². The number of carbonyl (C=O) groups excluding carboxylic acids is 1. The van der Waals surface area contributed by atoms with Gasteiger partial charge in [-0.15, -0.1) is 11.3 Å². The Morgan fingerprint density at radius 1 is 1.24 bits per heavy atom. The van der Waals surface area contributed by atoms with Crippen LogP contribution < -0.4 is 0 Å². The molecule has 4 nitrogen and oxygen atoms in total. The highest BCUT2D eigenvalue weighted by Crippen LogP contribution is 2.43. The van der Waals surface area contributed by atoms with Gasteiger partial charge in [0.1, 0.15) is 0 Å². The van der Waals surface area contributed by atoms with Gasteiger partial charge >= 0.3 is 0 Å². The fourth-order valence-corrected chi connectivity index (χ4v) is 6.86. The summed E-state index contributed by atoms with van der Waals surface area (Å²) >= 11 is 1.62. The highest BCUT2D eigenvalue weighted by molar-refractivity contribution is 7.16. The van der Waals surface area contributed by atoms with Crippen molar-refractivity contribution in [1.82, 2.24) is 14.8 Å². The van der Waals surface area contributed by atoms with E-state index in [9.17, 15) is 4.79 Å². The lowest BCUT2D eigenvalue weighted by Crippen LogP contribution is -2.64. The first-order valence-electron chi connectivity index (χ1n) is 11.5. The SMILES string of the molecule is CC(C)CC[C@H]1[C@H]2C[C@H](CN(C(=O)c3ccc4ncsc4c3)C2)[C@@H]2CCCCN21. The number of likely N-dealkylation sites (tertiary alicyclic amines) is 1. The average molecular weight is 412 g/mol. The highest BCUT2D eigenvalue weighted by Gasteiger charge is 2.47. The van der Waals surface area contributed by atoms with E-state index in [2.05, 4.69) is 28.6 Å². The first kappa shape index (κ1) is 19.5. The van der Waals surface area contributed by atoms with Gasteiger partial charge in [-0.25, -0.2) is 4.98 Å². The van der Waals surface area contributed by atoms with Crippen LogP contribution in [0.1, 0.15) is 62.7 Å². The van der Waals surface area contributed by atoms with Gasteiger partial charge in [-0.05, 0) is 74.6 Å². The topological polar surface area (TPSA) is 36.4 Å². The van der Waals surface area contributed by atoms with Crippen LogP contribution in [0.4, 0.5) is 0 Å². The summed E-state index contributed by atoms with van der Waals surface area (Å²) in [6.45, 7) is 7.82. The van der Waals surface area contributed by atoms with Crippen molar-refractivity contribution in [1.29, 1.82) is 0 Å². The minimum Gasteiger partial charge on any atom is -0.338 e. The van der Waals surface area contributed by atoms with Crippen molar-refractivity contribution in [3.8, 4) is 0 Å². The molecular formula is C24H33N3OS. The third-order valence-electron chi connectivity index (χ3n) is 7.53. The van der Waals surface area contributed by atoms with Crippen molar-refractivity contribution in [3.05, 3.63) is 29.3 Å². The van der Waals surface area contributed by atoms with Crippen LogP contribution in [0.3, 0.4) is 0 Å². The van der Waals surface area contributed by atoms with Crippen molar-refractivity contribution in [3.63, 3.8) is 0 Å². The Balaban J connectivity index is 1.38. The molecule has 3 aliphatic heterocycles. The predicted octanol–water partition coefficient (Wildman–Crippen LogP) is 5.05. The third kappa shape index (κ3) is 3.72. The quantitative estimate of drug-likeness (QED) is 0.706. The Labute approximate surface area is 178 Å². The zero-order chi connectivity index (χ0) is 20.0. The fourth-order valence-electron chi connectivity index (χ4n) is 6.15. The number of amides is 1. The molecule has 5 rings (SSSR count). The fraction of sp³-hybridized carbons (Fsp3) is 0.667. The van der Waals surface area contributed by atoms with E-state index in [1.807, 2.05) is 23.7 Å². The van der Waals surface area contributed by atoms with Crippen molar-refractivity contribution in [2.24, 2.45) is 17.8 Å². The van der Waals surface area contributed by atoms with E-state index in [0.29, 0.717) is 23.9 Å². The molecule has 0 aliphatic carbocycles. The molecule has 4 atom stereocenters. The summed E-state index contributed by atoms with van der Waals surface area (Å²) in [4.78, 5) is 22.8. The van der Waals surface area contributed by atoms with Gasteiger partial charge in [0.25, 0.3) is 5.91 Å². The molecule has 3 fully saturated rings. The van der Waals surface area contributed by atoms with Gasteiger partial charge in [0.15, 0.2) is 0 Å². The van der Waals surface area contributed by atoms with E-state index in [4.69, 9.17) is 0 Å². The summed E-state index contributed by atoms with van der Waals surface area (Å²) in [5, 5.41) is 0. The van der Waals surface area contributed by atoms with E-state index in [-0.39, 0.29) is 5.91 Å². The van der Waals surface area contributed by atoms with Gasteiger partial charge < -0.3 is 4.90 Å². The number of thiazole rings is 1. The minimum absolute atomic E-state index is 0.224. The van der Waals surface area contributed by atoms with Crippen LogP contribution in [0.5, 0.6) is 0 Å². The Hall–Kier alpha value is -1.46. The molecule has 2 bridgehead atoms. The zero-order valence-electron chi connectivity index (χ0n) is 17.7. The lowest BCUT2D eigenvalue weighted by Gasteiger charge is -2.57. The van der Waals surface area contributed by atoms with Gasteiger partial charge in [0.2, 0.25) is 0 Å². The third-order valence-corrected chi connectivity index (χ3v) is 8.32. The maximum Gasteiger partial charge on any atom is 0.253 e. The van der Waals surface area contributed by atoms with E-state index >= 15 is 0 Å². The molecule has 29 heavy (non-hydrogen) atoms. The normalized spacial score (nSPS) is 30.0. The number of fused-ring (bicyclic) bond motifs is 5. The van der Waals surface area contributed by atoms with Crippen LogP contribution in [0.25, 0.3) is 10.2 Å². The molecule has 0 saturated carbocycles. The number of aromatic nitrogens is 1. The van der Waals surface area contributed by atoms with Crippen LogP contribution in [0.15, 0.2) is 23.7 Å². The summed E-state index contributed by atoms with van der Waals surface area (Å²) in [7, 11) is 0. The molecule has 1 amide bonds. The Morgan fingerprint density at radius 3 is 2.97 bits per heavy atom. The molecular weight excluding hydrogens is 378 g/mol. The molecule has 3 aliphatic rings. The van der Waals surface area contributed by atoms with Gasteiger partial charge in [0, 0.05) is 30.7 Å².